The van der Waals surface area contributed by atoms with Crippen LogP contribution < -0.4 is 18.9 Å². The first-order chi connectivity index (χ1) is 37.4. The number of ether oxygens (including phenoxy) is 10. The normalized spacial score (nSPS) is 16.6. The van der Waals surface area contributed by atoms with Crippen LogP contribution in [0.25, 0.3) is 0 Å². The van der Waals surface area contributed by atoms with Gasteiger partial charge in [0.05, 0.1) is 62.6 Å². The molecule has 0 N–H and O–H groups in total. The van der Waals surface area contributed by atoms with Crippen molar-refractivity contribution >= 4 is 59.7 Å². The molecule has 0 atom stereocenters. The molecule has 20 nitrogen and oxygen atoms in total. The molecule has 0 radical (unpaired) electrons. The molecule has 0 amide bonds. The van der Waals surface area contributed by atoms with Gasteiger partial charge in [-0.15, -0.1) is 0 Å². The molecule has 0 saturated heterocycles. The monoisotopic (exact) mass is 1080 g/mol. The van der Waals surface area contributed by atoms with Crippen molar-refractivity contribution in [2.45, 2.75) is 104 Å². The predicted molar refractivity (Wildman–Crippen MR) is 274 cm³/mol. The first kappa shape index (κ1) is 60.7. The van der Waals surface area contributed by atoms with Crippen LogP contribution in [-0.2, 0) is 89.2 Å². The van der Waals surface area contributed by atoms with E-state index in [1.165, 1.54) is 38.1 Å². The van der Waals surface area contributed by atoms with Gasteiger partial charge in [0.1, 0.15) is 49.4 Å². The van der Waals surface area contributed by atoms with E-state index in [-0.39, 0.29) is 88.0 Å². The lowest BCUT2D eigenvalue weighted by molar-refractivity contribution is -0.153. The van der Waals surface area contributed by atoms with Crippen LogP contribution in [0.3, 0.4) is 0 Å². The lowest BCUT2D eigenvalue weighted by Gasteiger charge is -2.26. The Morgan fingerprint density at radius 3 is 0.808 bits per heavy atom. The van der Waals surface area contributed by atoms with Gasteiger partial charge in [-0.05, 0) is 125 Å². The van der Waals surface area contributed by atoms with Gasteiger partial charge in [0.15, 0.2) is 0 Å². The average molecular weight is 1080 g/mol. The molecule has 0 bridgehead atoms. The number of rotatable bonds is 28. The van der Waals surface area contributed by atoms with E-state index in [2.05, 4.69) is 13.2 Å². The fraction of sp³-hybridized carbons (Fsp3) is 0.448. The first-order valence-electron chi connectivity index (χ1n) is 25.8. The Labute approximate surface area is 452 Å². The third kappa shape index (κ3) is 21.8. The van der Waals surface area contributed by atoms with Gasteiger partial charge in [-0.3, -0.25) is 38.4 Å². The highest BCUT2D eigenvalue weighted by molar-refractivity contribution is 5.87. The second-order valence-corrected chi connectivity index (χ2v) is 18.8. The maximum Gasteiger partial charge on any atom is 0.333 e. The minimum atomic E-state index is -0.624. The molecule has 418 valence electrons. The summed E-state index contributed by atoms with van der Waals surface area (Å²) in [6.07, 6.45) is 3.58. The van der Waals surface area contributed by atoms with Crippen LogP contribution in [0.4, 0.5) is 0 Å². The fourth-order valence-electron chi connectivity index (χ4n) is 8.04. The highest BCUT2D eigenvalue weighted by Gasteiger charge is 2.34. The molecule has 0 aromatic heterocycles. The molecule has 2 saturated carbocycles. The Balaban J connectivity index is 0.896. The summed E-state index contributed by atoms with van der Waals surface area (Å²) in [5.41, 5.74) is 2.12. The smallest absolute Gasteiger partial charge is 0.333 e. The summed E-state index contributed by atoms with van der Waals surface area (Å²) in [4.78, 5) is 123. The van der Waals surface area contributed by atoms with Crippen molar-refractivity contribution in [3.05, 3.63) is 108 Å². The lowest BCUT2D eigenvalue weighted by atomic mass is 9.82. The van der Waals surface area contributed by atoms with Gasteiger partial charge in [-0.1, -0.05) is 37.4 Å². The van der Waals surface area contributed by atoms with E-state index in [1.54, 1.807) is 48.5 Å². The Bertz CT molecular complexity index is 2410. The van der Waals surface area contributed by atoms with E-state index >= 15 is 0 Å². The Morgan fingerprint density at radius 1 is 0.346 bits per heavy atom. The molecule has 0 unspecified atom stereocenters. The van der Waals surface area contributed by atoms with Crippen molar-refractivity contribution < 1.29 is 95.3 Å². The van der Waals surface area contributed by atoms with Crippen molar-refractivity contribution in [3.8, 4) is 23.0 Å². The minimum Gasteiger partial charge on any atom is -0.465 e. The molecule has 0 aliphatic heterocycles. The van der Waals surface area contributed by atoms with E-state index in [4.69, 9.17) is 47.4 Å². The summed E-state index contributed by atoms with van der Waals surface area (Å²) in [5, 5.41) is 0. The molecular weight excluding hydrogens is 1020 g/mol. The van der Waals surface area contributed by atoms with Gasteiger partial charge in [0.2, 0.25) is 0 Å². The third-order valence-corrected chi connectivity index (χ3v) is 12.6. The Hall–Kier alpha value is -8.16. The molecule has 5 rings (SSSR count). The zero-order valence-electron chi connectivity index (χ0n) is 44.0. The number of benzene rings is 3. The molecular formula is C58H66O20. The summed E-state index contributed by atoms with van der Waals surface area (Å²) >= 11 is 0. The van der Waals surface area contributed by atoms with E-state index in [9.17, 15) is 47.9 Å². The second-order valence-electron chi connectivity index (χ2n) is 18.8. The number of esters is 10. The molecule has 2 aliphatic rings. The molecule has 0 spiro atoms. The summed E-state index contributed by atoms with van der Waals surface area (Å²) in [7, 11) is 0. The summed E-state index contributed by atoms with van der Waals surface area (Å²) in [6.45, 7) is 9.54. The van der Waals surface area contributed by atoms with Crippen LogP contribution in [0.15, 0.2) is 97.1 Å². The van der Waals surface area contributed by atoms with E-state index < -0.39 is 83.4 Å². The zero-order chi connectivity index (χ0) is 56.4. The Kier molecular flexibility index (Phi) is 24.7. The summed E-state index contributed by atoms with van der Waals surface area (Å²) in [5.74, 6) is -5.56. The quantitative estimate of drug-likeness (QED) is 0.0226. The highest BCUT2D eigenvalue weighted by atomic mass is 16.6. The van der Waals surface area contributed by atoms with Gasteiger partial charge in [0, 0.05) is 24.0 Å². The summed E-state index contributed by atoms with van der Waals surface area (Å²) in [6, 6.07) is 19.7. The van der Waals surface area contributed by atoms with Gasteiger partial charge in [-0.2, -0.15) is 0 Å². The predicted octanol–water partition coefficient (Wildman–Crippen LogP) is 7.38. The lowest BCUT2D eigenvalue weighted by Crippen LogP contribution is -2.30. The van der Waals surface area contributed by atoms with Crippen LogP contribution in [-0.4, -0.2) is 99.3 Å². The van der Waals surface area contributed by atoms with Crippen LogP contribution in [0.1, 0.15) is 102 Å². The van der Waals surface area contributed by atoms with Crippen LogP contribution in [0.5, 0.6) is 23.0 Å². The topological polar surface area (TPSA) is 263 Å². The standard InChI is InChI=1S/C58H66O20/c1-37(2)53(63)73-35-33-71-51(61)27-25-49(59)69-31-29-39-5-17-45(18-6-39)75-55(65)41-9-13-43(14-10-41)57(67)77-47-21-23-48(24-22-47)78-58(68)44-15-11-42(12-16-44)56(66)76-46-19-7-40(8-20-46)30-32-70-50(60)26-28-52(62)72-34-36-74-54(64)38(3)4/h5-8,17-24,41-44H,1,3,9-16,25-36H2,2,4H3. The molecule has 3 aromatic rings. The number of carbonyl (C=O) groups is 10. The van der Waals surface area contributed by atoms with Crippen molar-refractivity contribution in [3.63, 3.8) is 0 Å². The maximum absolute atomic E-state index is 13.1. The molecule has 78 heavy (non-hydrogen) atoms. The van der Waals surface area contributed by atoms with Gasteiger partial charge >= 0.3 is 59.7 Å². The van der Waals surface area contributed by atoms with Gasteiger partial charge < -0.3 is 47.4 Å². The van der Waals surface area contributed by atoms with E-state index in [1.807, 2.05) is 0 Å². The molecule has 2 fully saturated rings. The van der Waals surface area contributed by atoms with Crippen LogP contribution >= 0.6 is 0 Å². The SMILES string of the molecule is C=C(C)C(=O)OCCOC(=O)CCC(=O)OCCc1ccc(OC(=O)C2CCC(C(=O)Oc3ccc(OC(=O)C4CCC(C(=O)Oc5ccc(CCOC(=O)CCC(=O)OCCOC(=O)C(=C)C)cc5)CC4)cc3)CC2)cc1. The van der Waals surface area contributed by atoms with Crippen molar-refractivity contribution in [1.29, 1.82) is 0 Å². The molecule has 2 aliphatic carbocycles. The minimum absolute atomic E-state index is 0.0767. The van der Waals surface area contributed by atoms with Crippen LogP contribution in [0, 0.1) is 23.7 Å². The molecule has 0 heterocycles. The first-order valence-corrected chi connectivity index (χ1v) is 25.8. The number of carbonyl (C=O) groups excluding carboxylic acids is 10. The fourth-order valence-corrected chi connectivity index (χ4v) is 8.04. The van der Waals surface area contributed by atoms with Crippen LogP contribution in [0.2, 0.25) is 0 Å². The van der Waals surface area contributed by atoms with E-state index in [0.29, 0.717) is 75.7 Å². The van der Waals surface area contributed by atoms with Gasteiger partial charge in [-0.25, -0.2) is 9.59 Å². The maximum atomic E-state index is 13.1. The highest BCUT2D eigenvalue weighted by Crippen LogP contribution is 2.34. The van der Waals surface area contributed by atoms with E-state index in [0.717, 1.165) is 11.1 Å². The second kappa shape index (κ2) is 31.8. The average Bonchev–Trinajstić information content (AvgIpc) is 3.43. The van der Waals surface area contributed by atoms with Crippen molar-refractivity contribution in [2.75, 3.05) is 39.6 Å². The Morgan fingerprint density at radius 2 is 0.564 bits per heavy atom. The van der Waals surface area contributed by atoms with Crippen molar-refractivity contribution in [2.24, 2.45) is 23.7 Å². The largest absolute Gasteiger partial charge is 0.465 e. The van der Waals surface area contributed by atoms with Gasteiger partial charge in [0.25, 0.3) is 0 Å². The number of hydrogen-bond acceptors (Lipinski definition) is 20. The number of hydrogen-bond donors (Lipinski definition) is 0. The molecule has 20 heteroatoms. The van der Waals surface area contributed by atoms with Crippen molar-refractivity contribution in [1.82, 2.24) is 0 Å². The zero-order valence-corrected chi connectivity index (χ0v) is 44.0. The summed E-state index contributed by atoms with van der Waals surface area (Å²) < 4.78 is 52.4. The third-order valence-electron chi connectivity index (χ3n) is 12.6. The molecule has 3 aromatic carbocycles.